The van der Waals surface area contributed by atoms with Crippen LogP contribution in [0.5, 0.6) is 0 Å². The molecule has 2 heterocycles. The smallest absolute Gasteiger partial charge is 0.242 e. The number of amides is 2. The number of para-hydroxylation sites is 1. The van der Waals surface area contributed by atoms with Gasteiger partial charge in [0.1, 0.15) is 0 Å². The van der Waals surface area contributed by atoms with Gasteiger partial charge < -0.3 is 20.4 Å². The molecule has 1 aromatic carbocycles. The zero-order valence-corrected chi connectivity index (χ0v) is 14.9. The molecule has 2 atom stereocenters. The van der Waals surface area contributed by atoms with Crippen molar-refractivity contribution in [1.82, 2.24) is 15.5 Å². The lowest BCUT2D eigenvalue weighted by molar-refractivity contribution is -0.134. The highest BCUT2D eigenvalue weighted by Crippen LogP contribution is 2.17. The molecule has 0 radical (unpaired) electrons. The molecule has 0 spiro atoms. The predicted octanol–water partition coefficient (Wildman–Crippen LogP) is 0.840. The Balaban J connectivity index is 1.41. The molecule has 25 heavy (non-hydrogen) atoms. The fourth-order valence-corrected chi connectivity index (χ4v) is 3.64. The van der Waals surface area contributed by atoms with E-state index in [1.54, 1.807) is 0 Å². The highest BCUT2D eigenvalue weighted by Gasteiger charge is 2.26. The number of anilines is 1. The molecule has 2 amide bonds. The van der Waals surface area contributed by atoms with Crippen molar-refractivity contribution < 1.29 is 9.59 Å². The number of carbonyl (C=O) groups is 2. The van der Waals surface area contributed by atoms with Crippen molar-refractivity contribution in [2.24, 2.45) is 5.92 Å². The summed E-state index contributed by atoms with van der Waals surface area (Å²) >= 11 is 0. The van der Waals surface area contributed by atoms with Crippen molar-refractivity contribution in [1.29, 1.82) is 0 Å². The van der Waals surface area contributed by atoms with E-state index in [9.17, 15) is 9.59 Å². The fraction of sp³-hybridized carbons (Fsp3) is 0.579. The first-order chi connectivity index (χ1) is 12.1. The molecule has 2 saturated heterocycles. The highest BCUT2D eigenvalue weighted by atomic mass is 16.2. The monoisotopic (exact) mass is 344 g/mol. The Labute approximate surface area is 149 Å². The minimum Gasteiger partial charge on any atom is -0.368 e. The zero-order valence-electron chi connectivity index (χ0n) is 14.9. The Hall–Kier alpha value is -2.08. The summed E-state index contributed by atoms with van der Waals surface area (Å²) in [5.41, 5.74) is 1.20. The van der Waals surface area contributed by atoms with Crippen molar-refractivity contribution in [2.45, 2.75) is 25.8 Å². The number of piperidine rings is 1. The van der Waals surface area contributed by atoms with E-state index in [-0.39, 0.29) is 24.3 Å². The standard InChI is InChI=1S/C19H28N4O2/c1-15-13-16(7-8-20-15)19(25)21-14-18(24)23-11-9-22(10-12-23)17-5-3-2-4-6-17/h2-6,15-16,20H,7-14H2,1H3,(H,21,25)/t15-,16-/m0/s1. The molecule has 2 fully saturated rings. The van der Waals surface area contributed by atoms with Gasteiger partial charge in [-0.1, -0.05) is 18.2 Å². The SMILES string of the molecule is C[C@H]1C[C@@H](C(=O)NCC(=O)N2CCN(c3ccccc3)CC2)CCN1. The lowest BCUT2D eigenvalue weighted by Gasteiger charge is -2.36. The summed E-state index contributed by atoms with van der Waals surface area (Å²) in [4.78, 5) is 28.8. The minimum absolute atomic E-state index is 0.0167. The second-order valence-electron chi connectivity index (χ2n) is 7.00. The molecule has 1 aromatic rings. The van der Waals surface area contributed by atoms with Gasteiger partial charge in [-0.05, 0) is 38.4 Å². The first-order valence-corrected chi connectivity index (χ1v) is 9.22. The number of benzene rings is 1. The van der Waals surface area contributed by atoms with Crippen LogP contribution in [-0.4, -0.2) is 62.0 Å². The van der Waals surface area contributed by atoms with Gasteiger partial charge in [-0.2, -0.15) is 0 Å². The molecule has 0 aliphatic carbocycles. The van der Waals surface area contributed by atoms with E-state index in [0.29, 0.717) is 19.1 Å². The summed E-state index contributed by atoms with van der Waals surface area (Å²) in [6.07, 6.45) is 1.69. The van der Waals surface area contributed by atoms with E-state index in [0.717, 1.165) is 32.5 Å². The van der Waals surface area contributed by atoms with Crippen LogP contribution >= 0.6 is 0 Å². The van der Waals surface area contributed by atoms with Crippen LogP contribution in [0, 0.1) is 5.92 Å². The van der Waals surface area contributed by atoms with Gasteiger partial charge >= 0.3 is 0 Å². The van der Waals surface area contributed by atoms with Crippen molar-refractivity contribution >= 4 is 17.5 Å². The number of rotatable bonds is 4. The largest absolute Gasteiger partial charge is 0.368 e. The van der Waals surface area contributed by atoms with E-state index in [1.807, 2.05) is 23.1 Å². The summed E-state index contributed by atoms with van der Waals surface area (Å²) in [6.45, 7) is 6.14. The molecule has 0 unspecified atom stereocenters. The maximum atomic E-state index is 12.4. The quantitative estimate of drug-likeness (QED) is 0.850. The second-order valence-corrected chi connectivity index (χ2v) is 7.00. The van der Waals surface area contributed by atoms with Gasteiger partial charge in [-0.25, -0.2) is 0 Å². The molecular weight excluding hydrogens is 316 g/mol. The van der Waals surface area contributed by atoms with Gasteiger partial charge in [0.2, 0.25) is 11.8 Å². The lowest BCUT2D eigenvalue weighted by atomic mass is 9.92. The van der Waals surface area contributed by atoms with Crippen LogP contribution in [0.2, 0.25) is 0 Å². The van der Waals surface area contributed by atoms with Gasteiger partial charge in [0.05, 0.1) is 6.54 Å². The Kier molecular flexibility index (Phi) is 5.91. The Bertz CT molecular complexity index is 584. The number of nitrogens with one attached hydrogen (secondary N) is 2. The summed E-state index contributed by atoms with van der Waals surface area (Å²) in [5.74, 6) is 0.0617. The number of piperazine rings is 1. The molecule has 6 nitrogen and oxygen atoms in total. The maximum absolute atomic E-state index is 12.4. The van der Waals surface area contributed by atoms with Gasteiger partial charge in [0, 0.05) is 43.8 Å². The topological polar surface area (TPSA) is 64.7 Å². The van der Waals surface area contributed by atoms with E-state index in [4.69, 9.17) is 0 Å². The van der Waals surface area contributed by atoms with Crippen LogP contribution in [0.15, 0.2) is 30.3 Å². The molecular formula is C19H28N4O2. The molecule has 0 saturated carbocycles. The third-order valence-electron chi connectivity index (χ3n) is 5.16. The van der Waals surface area contributed by atoms with Crippen molar-refractivity contribution in [2.75, 3.05) is 44.2 Å². The fourth-order valence-electron chi connectivity index (χ4n) is 3.64. The third kappa shape index (κ3) is 4.72. The minimum atomic E-state index is 0.0167. The second kappa shape index (κ2) is 8.34. The molecule has 0 bridgehead atoms. The molecule has 2 aliphatic heterocycles. The average molecular weight is 344 g/mol. The Morgan fingerprint density at radius 1 is 1.16 bits per heavy atom. The zero-order chi connectivity index (χ0) is 17.6. The van der Waals surface area contributed by atoms with Gasteiger partial charge in [-0.15, -0.1) is 0 Å². The van der Waals surface area contributed by atoms with Crippen molar-refractivity contribution in [3.63, 3.8) is 0 Å². The predicted molar refractivity (Wildman–Crippen MR) is 98.4 cm³/mol. The van der Waals surface area contributed by atoms with Gasteiger partial charge in [-0.3, -0.25) is 9.59 Å². The highest BCUT2D eigenvalue weighted by molar-refractivity contribution is 5.86. The molecule has 6 heteroatoms. The van der Waals surface area contributed by atoms with Crippen LogP contribution < -0.4 is 15.5 Å². The molecule has 2 N–H and O–H groups in total. The number of hydrogen-bond acceptors (Lipinski definition) is 4. The Morgan fingerprint density at radius 3 is 2.56 bits per heavy atom. The Morgan fingerprint density at radius 2 is 1.88 bits per heavy atom. The normalized spacial score (nSPS) is 24.0. The van der Waals surface area contributed by atoms with E-state index < -0.39 is 0 Å². The van der Waals surface area contributed by atoms with E-state index in [1.165, 1.54) is 5.69 Å². The number of hydrogen-bond donors (Lipinski definition) is 2. The van der Waals surface area contributed by atoms with Gasteiger partial charge in [0.15, 0.2) is 0 Å². The van der Waals surface area contributed by atoms with Crippen molar-refractivity contribution in [3.8, 4) is 0 Å². The summed E-state index contributed by atoms with van der Waals surface area (Å²) in [6, 6.07) is 10.6. The lowest BCUT2D eigenvalue weighted by Crippen LogP contribution is -2.52. The van der Waals surface area contributed by atoms with Crippen LogP contribution in [0.4, 0.5) is 5.69 Å². The first kappa shape index (κ1) is 17.7. The van der Waals surface area contributed by atoms with E-state index >= 15 is 0 Å². The summed E-state index contributed by atoms with van der Waals surface area (Å²) < 4.78 is 0. The first-order valence-electron chi connectivity index (χ1n) is 9.22. The third-order valence-corrected chi connectivity index (χ3v) is 5.16. The average Bonchev–Trinajstić information content (AvgIpc) is 2.66. The van der Waals surface area contributed by atoms with Crippen molar-refractivity contribution in [3.05, 3.63) is 30.3 Å². The summed E-state index contributed by atoms with van der Waals surface area (Å²) in [5, 5.41) is 6.18. The summed E-state index contributed by atoms with van der Waals surface area (Å²) in [7, 11) is 0. The number of nitrogens with zero attached hydrogens (tertiary/aromatic N) is 2. The molecule has 0 aromatic heterocycles. The van der Waals surface area contributed by atoms with Crippen LogP contribution in [0.25, 0.3) is 0 Å². The molecule has 2 aliphatic rings. The number of carbonyl (C=O) groups excluding carboxylic acids is 2. The van der Waals surface area contributed by atoms with Crippen LogP contribution in [0.1, 0.15) is 19.8 Å². The van der Waals surface area contributed by atoms with Crippen LogP contribution in [-0.2, 0) is 9.59 Å². The maximum Gasteiger partial charge on any atom is 0.242 e. The van der Waals surface area contributed by atoms with Crippen LogP contribution in [0.3, 0.4) is 0 Å². The van der Waals surface area contributed by atoms with E-state index in [2.05, 4.69) is 34.6 Å². The molecule has 136 valence electrons. The van der Waals surface area contributed by atoms with Gasteiger partial charge in [0.25, 0.3) is 0 Å². The molecule has 3 rings (SSSR count).